The Bertz CT molecular complexity index is 376. The van der Waals surface area contributed by atoms with Crippen LogP contribution in [0.1, 0.15) is 24.2 Å². The first-order valence-corrected chi connectivity index (χ1v) is 4.30. The van der Waals surface area contributed by atoms with Crippen molar-refractivity contribution in [2.24, 2.45) is 0 Å². The molecular weight excluding hydrogens is 200 g/mol. The van der Waals surface area contributed by atoms with Crippen molar-refractivity contribution in [3.8, 4) is 0 Å². The number of benzene rings is 1. The molecule has 6 heteroatoms. The quantitative estimate of drug-likeness (QED) is 0.442. The van der Waals surface area contributed by atoms with E-state index in [1.165, 1.54) is 12.1 Å². The third kappa shape index (κ3) is 2.94. The molecule has 0 saturated heterocycles. The number of nitrogens with two attached hydrogens (primary N) is 1. The van der Waals surface area contributed by atoms with Gasteiger partial charge in [-0.2, -0.15) is 0 Å². The van der Waals surface area contributed by atoms with E-state index in [9.17, 15) is 14.9 Å². The topological polar surface area (TPSA) is 106 Å². The Morgan fingerprint density at radius 1 is 1.47 bits per heavy atom. The van der Waals surface area contributed by atoms with Crippen LogP contribution >= 0.6 is 0 Å². The van der Waals surface area contributed by atoms with Crippen LogP contribution in [-0.4, -0.2) is 16.0 Å². The fourth-order valence-corrected chi connectivity index (χ4v) is 0.943. The average Bonchev–Trinajstić information content (AvgIpc) is 2.19. The number of carbonyl (C=O) groups is 1. The average molecular weight is 212 g/mol. The van der Waals surface area contributed by atoms with Crippen molar-refractivity contribution >= 4 is 17.3 Å². The van der Waals surface area contributed by atoms with E-state index in [-0.39, 0.29) is 5.69 Å². The van der Waals surface area contributed by atoms with Crippen LogP contribution < -0.4 is 5.73 Å². The summed E-state index contributed by atoms with van der Waals surface area (Å²) in [6.07, 6.45) is 0. The van der Waals surface area contributed by atoms with Gasteiger partial charge in [-0.25, -0.2) is 4.79 Å². The zero-order chi connectivity index (χ0) is 12.0. The van der Waals surface area contributed by atoms with Crippen LogP contribution in [0.4, 0.5) is 11.4 Å². The molecule has 6 nitrogen and oxygen atoms in total. The first-order chi connectivity index (χ1) is 7.04. The van der Waals surface area contributed by atoms with Crippen LogP contribution in [0, 0.1) is 10.1 Å². The minimum atomic E-state index is -1.40. The van der Waals surface area contributed by atoms with Crippen molar-refractivity contribution in [3.63, 3.8) is 0 Å². The molecular formula is C9H12N2O4. The maximum Gasteiger partial charge on any atom is 0.344 e. The molecule has 0 saturated carbocycles. The molecule has 0 spiro atoms. The molecule has 0 fully saturated rings. The number of hydrogen-bond donors (Lipinski definition) is 2. The van der Waals surface area contributed by atoms with Crippen molar-refractivity contribution < 1.29 is 14.8 Å². The smallest absolute Gasteiger partial charge is 0.344 e. The zero-order valence-electron chi connectivity index (χ0n) is 8.43. The molecule has 82 valence electrons. The van der Waals surface area contributed by atoms with E-state index in [0.717, 1.165) is 6.07 Å². The lowest BCUT2D eigenvalue weighted by atomic mass is 10.1. The Kier molecular flexibility index (Phi) is 4.80. The number of nitrogen functional groups attached to an aromatic ring is 1. The van der Waals surface area contributed by atoms with Crippen molar-refractivity contribution in [1.29, 1.82) is 0 Å². The van der Waals surface area contributed by atoms with Gasteiger partial charge < -0.3 is 10.8 Å². The Labute approximate surface area is 86.5 Å². The second kappa shape index (κ2) is 5.58. The van der Waals surface area contributed by atoms with E-state index in [4.69, 9.17) is 10.8 Å². The van der Waals surface area contributed by atoms with E-state index < -0.39 is 22.1 Å². The lowest BCUT2D eigenvalue weighted by molar-refractivity contribution is -0.385. The van der Waals surface area contributed by atoms with Gasteiger partial charge in [0.15, 0.2) is 5.56 Å². The predicted octanol–water partition coefficient (Wildman–Crippen LogP) is 1.90. The molecule has 0 atom stereocenters. The fraction of sp³-hybridized carbons (Fsp3) is 0.222. The number of rotatable bonds is 2. The summed E-state index contributed by atoms with van der Waals surface area (Å²) in [6.45, 7) is 4.00. The molecule has 15 heavy (non-hydrogen) atoms. The Morgan fingerprint density at radius 2 is 2.00 bits per heavy atom. The lowest BCUT2D eigenvalue weighted by Crippen LogP contribution is -2.06. The molecule has 0 heterocycles. The van der Waals surface area contributed by atoms with Crippen molar-refractivity contribution in [2.75, 3.05) is 5.73 Å². The number of nitro groups is 1. The van der Waals surface area contributed by atoms with Gasteiger partial charge in [-0.3, -0.25) is 10.1 Å². The summed E-state index contributed by atoms with van der Waals surface area (Å²) in [6, 6.07) is 3.73. The van der Waals surface area contributed by atoms with Crippen molar-refractivity contribution in [3.05, 3.63) is 33.9 Å². The fourth-order valence-electron chi connectivity index (χ4n) is 0.943. The first-order valence-electron chi connectivity index (χ1n) is 4.30. The number of carboxylic acids is 1. The molecule has 0 aliphatic carbocycles. The van der Waals surface area contributed by atoms with Crippen molar-refractivity contribution in [1.82, 2.24) is 0 Å². The standard InChI is InChI=1S/C7H6N2O4.C2H6/c8-4-2-1-3-5(9(12)13)6(4)7(10)11;1-2/h1-3H,8H2,(H,10,11);1-2H3. The summed E-state index contributed by atoms with van der Waals surface area (Å²) in [7, 11) is 0. The van der Waals surface area contributed by atoms with Gasteiger partial charge in [-0.1, -0.05) is 19.9 Å². The van der Waals surface area contributed by atoms with Gasteiger partial charge in [-0.05, 0) is 6.07 Å². The maximum absolute atomic E-state index is 10.6. The molecule has 0 aliphatic heterocycles. The number of hydrogen-bond acceptors (Lipinski definition) is 4. The Morgan fingerprint density at radius 3 is 2.33 bits per heavy atom. The van der Waals surface area contributed by atoms with Crippen LogP contribution in [0.15, 0.2) is 18.2 Å². The Balaban J connectivity index is 0.000000921. The molecule has 0 amide bonds. The van der Waals surface area contributed by atoms with Crippen LogP contribution in [0.5, 0.6) is 0 Å². The normalized spacial score (nSPS) is 8.67. The molecule has 1 rings (SSSR count). The summed E-state index contributed by atoms with van der Waals surface area (Å²) in [5.41, 5.74) is 4.21. The van der Waals surface area contributed by atoms with Gasteiger partial charge in [0.2, 0.25) is 0 Å². The van der Waals surface area contributed by atoms with Gasteiger partial charge in [0.05, 0.1) is 10.6 Å². The van der Waals surface area contributed by atoms with Crippen LogP contribution in [0.3, 0.4) is 0 Å². The second-order valence-corrected chi connectivity index (χ2v) is 2.30. The monoisotopic (exact) mass is 212 g/mol. The van der Waals surface area contributed by atoms with Gasteiger partial charge in [0.25, 0.3) is 5.69 Å². The highest BCUT2D eigenvalue weighted by Gasteiger charge is 2.21. The molecule has 0 unspecified atom stereocenters. The van der Waals surface area contributed by atoms with Gasteiger partial charge in [0.1, 0.15) is 0 Å². The van der Waals surface area contributed by atoms with E-state index >= 15 is 0 Å². The van der Waals surface area contributed by atoms with E-state index in [1.807, 2.05) is 13.8 Å². The molecule has 1 aromatic rings. The highest BCUT2D eigenvalue weighted by molar-refractivity contribution is 5.98. The molecule has 3 N–H and O–H groups in total. The highest BCUT2D eigenvalue weighted by Crippen LogP contribution is 2.23. The third-order valence-corrected chi connectivity index (χ3v) is 1.49. The minimum absolute atomic E-state index is 0.110. The number of anilines is 1. The van der Waals surface area contributed by atoms with E-state index in [1.54, 1.807) is 0 Å². The zero-order valence-corrected chi connectivity index (χ0v) is 8.43. The summed E-state index contributed by atoms with van der Waals surface area (Å²) in [5, 5.41) is 19.0. The highest BCUT2D eigenvalue weighted by atomic mass is 16.6. The third-order valence-electron chi connectivity index (χ3n) is 1.49. The minimum Gasteiger partial charge on any atom is -0.477 e. The summed E-state index contributed by atoms with van der Waals surface area (Å²) in [5.74, 6) is -1.40. The number of carboxylic acid groups (broad SMARTS) is 1. The lowest BCUT2D eigenvalue weighted by Gasteiger charge is -2.00. The molecule has 0 bridgehead atoms. The number of nitrogens with zero attached hydrogens (tertiary/aromatic N) is 1. The molecule has 0 aliphatic rings. The van der Waals surface area contributed by atoms with Crippen LogP contribution in [-0.2, 0) is 0 Å². The van der Waals surface area contributed by atoms with Gasteiger partial charge in [-0.15, -0.1) is 0 Å². The molecule has 0 aromatic heterocycles. The van der Waals surface area contributed by atoms with Gasteiger partial charge in [0, 0.05) is 6.07 Å². The summed E-state index contributed by atoms with van der Waals surface area (Å²) in [4.78, 5) is 20.1. The second-order valence-electron chi connectivity index (χ2n) is 2.30. The van der Waals surface area contributed by atoms with Gasteiger partial charge >= 0.3 is 5.97 Å². The van der Waals surface area contributed by atoms with Crippen LogP contribution in [0.2, 0.25) is 0 Å². The SMILES string of the molecule is CC.Nc1cccc([N+](=O)[O-])c1C(=O)O. The number of aromatic carboxylic acids is 1. The van der Waals surface area contributed by atoms with E-state index in [0.29, 0.717) is 0 Å². The molecule has 1 aromatic carbocycles. The largest absolute Gasteiger partial charge is 0.477 e. The Hall–Kier alpha value is -2.11. The first kappa shape index (κ1) is 12.9. The molecule has 0 radical (unpaired) electrons. The van der Waals surface area contributed by atoms with E-state index in [2.05, 4.69) is 0 Å². The summed E-state index contributed by atoms with van der Waals surface area (Å²) >= 11 is 0. The predicted molar refractivity (Wildman–Crippen MR) is 55.8 cm³/mol. The number of nitro benzene ring substituents is 1. The van der Waals surface area contributed by atoms with Crippen molar-refractivity contribution in [2.45, 2.75) is 13.8 Å². The summed E-state index contributed by atoms with van der Waals surface area (Å²) < 4.78 is 0. The van der Waals surface area contributed by atoms with Crippen LogP contribution in [0.25, 0.3) is 0 Å². The maximum atomic E-state index is 10.6.